The van der Waals surface area contributed by atoms with E-state index in [1.807, 2.05) is 6.92 Å². The molecule has 0 rings (SSSR count). The molecule has 0 bridgehead atoms. The van der Waals surface area contributed by atoms with E-state index in [4.69, 9.17) is 5.53 Å². The first-order valence-electron chi connectivity index (χ1n) is 3.63. The molecule has 0 atom stereocenters. The van der Waals surface area contributed by atoms with Crippen molar-refractivity contribution in [2.24, 2.45) is 5.11 Å². The molecule has 0 N–H and O–H groups in total. The molecular formula is C7H16N3Y-. The van der Waals surface area contributed by atoms with Crippen molar-refractivity contribution in [1.82, 2.24) is 0 Å². The van der Waals surface area contributed by atoms with Crippen LogP contribution in [0.1, 0.15) is 33.1 Å². The van der Waals surface area contributed by atoms with Gasteiger partial charge in [0, 0.05) is 44.2 Å². The zero-order chi connectivity index (χ0) is 8.24. The molecule has 0 amide bonds. The Labute approximate surface area is 94.5 Å². The maximum atomic E-state index is 7.66. The molecule has 0 fully saturated rings. The average molecular weight is 231 g/mol. The Bertz CT molecular complexity index is 87.7. The Morgan fingerprint density at radius 3 is 1.91 bits per heavy atom. The zero-order valence-corrected chi connectivity index (χ0v) is 10.3. The zero-order valence-electron chi connectivity index (χ0n) is 7.45. The van der Waals surface area contributed by atoms with E-state index in [0.29, 0.717) is 6.54 Å². The summed E-state index contributed by atoms with van der Waals surface area (Å²) in [6, 6.07) is 0. The summed E-state index contributed by atoms with van der Waals surface area (Å²) < 4.78 is 0. The molecule has 11 heavy (non-hydrogen) atoms. The van der Waals surface area contributed by atoms with E-state index >= 15 is 0 Å². The van der Waals surface area contributed by atoms with Gasteiger partial charge in [-0.05, 0) is 5.53 Å². The number of unbranched alkanes of at least 4 members (excludes halogenated alkanes) is 1. The first kappa shape index (κ1) is 17.5. The van der Waals surface area contributed by atoms with Crippen LogP contribution in [-0.4, -0.2) is 6.54 Å². The van der Waals surface area contributed by atoms with Gasteiger partial charge in [-0.3, -0.25) is 0 Å². The van der Waals surface area contributed by atoms with Crippen LogP contribution < -0.4 is 0 Å². The summed E-state index contributed by atoms with van der Waals surface area (Å²) in [4.78, 5) is 2.55. The summed E-state index contributed by atoms with van der Waals surface area (Å²) in [5, 5.41) is 3.27. The Balaban J connectivity index is -0.000000114. The molecule has 0 aromatic heterocycles. The van der Waals surface area contributed by atoms with Crippen LogP contribution in [-0.2, 0) is 32.7 Å². The molecule has 0 unspecified atom stereocenters. The summed E-state index contributed by atoms with van der Waals surface area (Å²) in [6.45, 7) is 8.31. The second-order valence-corrected chi connectivity index (χ2v) is 1.81. The number of nitrogens with zero attached hydrogens (tertiary/aromatic N) is 3. The van der Waals surface area contributed by atoms with Gasteiger partial charge in [0.05, 0.1) is 0 Å². The van der Waals surface area contributed by atoms with Crippen LogP contribution in [0, 0.1) is 6.92 Å². The summed E-state index contributed by atoms with van der Waals surface area (Å²) in [7, 11) is 0. The van der Waals surface area contributed by atoms with Crippen LogP contribution in [0.5, 0.6) is 0 Å². The van der Waals surface area contributed by atoms with Crippen LogP contribution >= 0.6 is 0 Å². The second kappa shape index (κ2) is 22.4. The molecule has 0 saturated carbocycles. The third-order valence-electron chi connectivity index (χ3n) is 0.740. The van der Waals surface area contributed by atoms with Crippen molar-refractivity contribution < 1.29 is 32.7 Å². The molecule has 0 aromatic carbocycles. The number of azide groups is 1. The largest absolute Gasteiger partial charge is 0.343 e. The van der Waals surface area contributed by atoms with Gasteiger partial charge in [0.25, 0.3) is 0 Å². The predicted octanol–water partition coefficient (Wildman–Crippen LogP) is 3.32. The van der Waals surface area contributed by atoms with Gasteiger partial charge in [-0.1, -0.05) is 31.8 Å². The number of hydrogen-bond donors (Lipinski definition) is 0. The van der Waals surface area contributed by atoms with Gasteiger partial charge < -0.3 is 6.92 Å². The molecule has 0 heterocycles. The second-order valence-electron chi connectivity index (χ2n) is 1.81. The Kier molecular flexibility index (Phi) is 35.7. The summed E-state index contributed by atoms with van der Waals surface area (Å²) in [6.07, 6.45) is 3.21. The SMILES string of the molecule is CCCN=[N+]=[N-].[CH2-]CCC.[Y]. The smallest absolute Gasteiger partial charge is 0.0255 e. The van der Waals surface area contributed by atoms with Crippen molar-refractivity contribution in [2.75, 3.05) is 6.54 Å². The molecule has 0 aliphatic rings. The summed E-state index contributed by atoms with van der Waals surface area (Å²) in [5.74, 6) is 0. The third-order valence-corrected chi connectivity index (χ3v) is 0.740. The summed E-state index contributed by atoms with van der Waals surface area (Å²) in [5.41, 5.74) is 7.66. The van der Waals surface area contributed by atoms with E-state index in [1.54, 1.807) is 0 Å². The number of hydrogen-bond acceptors (Lipinski definition) is 1. The van der Waals surface area contributed by atoms with Crippen molar-refractivity contribution in [3.63, 3.8) is 0 Å². The number of rotatable bonds is 3. The molecule has 0 spiro atoms. The Morgan fingerprint density at radius 2 is 1.82 bits per heavy atom. The van der Waals surface area contributed by atoms with E-state index in [0.717, 1.165) is 12.8 Å². The third kappa shape index (κ3) is 37.8. The Hall–Kier alpha value is 0.414. The van der Waals surface area contributed by atoms with Crippen LogP contribution in [0.3, 0.4) is 0 Å². The average Bonchev–Trinajstić information content (AvgIpc) is 2.01. The standard InChI is InChI=1S/C4H9.C3H7N3.Y/c1-3-4-2;1-2-3-5-6-4;/h1,3-4H2,2H3;2-3H2,1H3;/q-1;;. The molecule has 0 aromatic rings. The maximum Gasteiger partial charge on any atom is 0.0255 e. The monoisotopic (exact) mass is 231 g/mol. The topological polar surface area (TPSA) is 48.8 Å². The normalized spacial score (nSPS) is 6.45. The molecule has 63 valence electrons. The maximum absolute atomic E-state index is 7.66. The molecule has 0 aliphatic carbocycles. The van der Waals surface area contributed by atoms with Crippen LogP contribution in [0.2, 0.25) is 0 Å². The molecule has 0 saturated heterocycles. The van der Waals surface area contributed by atoms with Crippen molar-refractivity contribution >= 4 is 0 Å². The molecule has 0 aliphatic heterocycles. The minimum atomic E-state index is 0. The van der Waals surface area contributed by atoms with Crippen LogP contribution in [0.4, 0.5) is 0 Å². The van der Waals surface area contributed by atoms with E-state index in [1.165, 1.54) is 6.42 Å². The minimum Gasteiger partial charge on any atom is -0.343 e. The van der Waals surface area contributed by atoms with Gasteiger partial charge >= 0.3 is 0 Å². The fourth-order valence-electron chi connectivity index (χ4n) is 0.145. The van der Waals surface area contributed by atoms with Gasteiger partial charge in [0.15, 0.2) is 0 Å². The predicted molar refractivity (Wildman–Crippen MR) is 44.6 cm³/mol. The minimum absolute atomic E-state index is 0. The van der Waals surface area contributed by atoms with E-state index < -0.39 is 0 Å². The van der Waals surface area contributed by atoms with Gasteiger partial charge in [-0.2, -0.15) is 6.42 Å². The van der Waals surface area contributed by atoms with Gasteiger partial charge in [0.2, 0.25) is 0 Å². The quantitative estimate of drug-likeness (QED) is 0.309. The van der Waals surface area contributed by atoms with E-state index in [9.17, 15) is 0 Å². The van der Waals surface area contributed by atoms with Crippen molar-refractivity contribution in [3.8, 4) is 0 Å². The Morgan fingerprint density at radius 1 is 1.36 bits per heavy atom. The summed E-state index contributed by atoms with van der Waals surface area (Å²) >= 11 is 0. The van der Waals surface area contributed by atoms with Crippen molar-refractivity contribution in [1.29, 1.82) is 0 Å². The first-order valence-corrected chi connectivity index (χ1v) is 3.63. The van der Waals surface area contributed by atoms with Crippen molar-refractivity contribution in [2.45, 2.75) is 33.1 Å². The van der Waals surface area contributed by atoms with Crippen LogP contribution in [0.15, 0.2) is 5.11 Å². The van der Waals surface area contributed by atoms with Gasteiger partial charge in [-0.25, -0.2) is 0 Å². The van der Waals surface area contributed by atoms with Gasteiger partial charge in [0.1, 0.15) is 0 Å². The van der Waals surface area contributed by atoms with E-state index in [2.05, 4.69) is 23.9 Å². The van der Waals surface area contributed by atoms with Crippen molar-refractivity contribution in [3.05, 3.63) is 17.4 Å². The van der Waals surface area contributed by atoms with Crippen LogP contribution in [0.25, 0.3) is 10.4 Å². The molecule has 3 nitrogen and oxygen atoms in total. The first-order chi connectivity index (χ1) is 4.83. The fourth-order valence-corrected chi connectivity index (χ4v) is 0.145. The molecule has 1 radical (unpaired) electrons. The van der Waals surface area contributed by atoms with Gasteiger partial charge in [-0.15, -0.1) is 0 Å². The van der Waals surface area contributed by atoms with E-state index in [-0.39, 0.29) is 32.7 Å². The fraction of sp³-hybridized carbons (Fsp3) is 0.857. The molecule has 4 heteroatoms. The molecular weight excluding hydrogens is 215 g/mol.